The van der Waals surface area contributed by atoms with Gasteiger partial charge in [-0.3, -0.25) is 0 Å². The van der Waals surface area contributed by atoms with Crippen LogP contribution >= 0.6 is 11.3 Å². The predicted molar refractivity (Wildman–Crippen MR) is 217 cm³/mol. The molecule has 0 amide bonds. The number of thiophene rings is 1. The predicted octanol–water partition coefficient (Wildman–Crippen LogP) is 14.1. The summed E-state index contributed by atoms with van der Waals surface area (Å²) in [5, 5.41) is 7.40. The largest absolute Gasteiger partial charge is 0.456 e. The number of nitrogens with zero attached hydrogens (tertiary/aromatic N) is 1. The molecular formula is C48H29NOS. The second-order valence-corrected chi connectivity index (χ2v) is 14.4. The standard InChI is InChI=1S/C48H29NOS/c1-2-12-34(13-3-1)49-42-20-7-4-14-37(42)40-19-10-18-36(48(40)49)33-27-31(30-24-25-39-38-15-6-9-23-45(38)51-46(39)29-30)26-32(28-33)35-17-11-22-44-47(35)41-16-5-8-21-43(41)50-44/h1-29H. The summed E-state index contributed by atoms with van der Waals surface area (Å²) in [7, 11) is 0. The van der Waals surface area contributed by atoms with Crippen LogP contribution in [0.25, 0.3) is 103 Å². The quantitative estimate of drug-likeness (QED) is 0.183. The van der Waals surface area contributed by atoms with Gasteiger partial charge in [0.15, 0.2) is 0 Å². The molecule has 8 aromatic carbocycles. The van der Waals surface area contributed by atoms with E-state index in [9.17, 15) is 0 Å². The minimum absolute atomic E-state index is 0.902. The van der Waals surface area contributed by atoms with Crippen LogP contribution in [0.1, 0.15) is 0 Å². The van der Waals surface area contributed by atoms with Crippen molar-refractivity contribution in [2.24, 2.45) is 0 Å². The van der Waals surface area contributed by atoms with Crippen LogP contribution in [-0.2, 0) is 0 Å². The van der Waals surface area contributed by atoms with Crippen molar-refractivity contribution in [3.8, 4) is 39.1 Å². The topological polar surface area (TPSA) is 18.1 Å². The molecule has 0 saturated carbocycles. The van der Waals surface area contributed by atoms with Gasteiger partial charge in [0.05, 0.1) is 11.0 Å². The molecule has 0 spiro atoms. The van der Waals surface area contributed by atoms with E-state index in [0.29, 0.717) is 0 Å². The van der Waals surface area contributed by atoms with E-state index in [0.717, 1.165) is 33.2 Å². The molecule has 0 aliphatic carbocycles. The smallest absolute Gasteiger partial charge is 0.136 e. The highest BCUT2D eigenvalue weighted by Gasteiger charge is 2.19. The Morgan fingerprint density at radius 3 is 1.94 bits per heavy atom. The summed E-state index contributed by atoms with van der Waals surface area (Å²) in [6, 6.07) is 63.9. The number of furan rings is 1. The van der Waals surface area contributed by atoms with E-state index in [1.54, 1.807) is 0 Å². The Bertz CT molecular complexity index is 3140. The summed E-state index contributed by atoms with van der Waals surface area (Å²) in [5.74, 6) is 0. The second-order valence-electron chi connectivity index (χ2n) is 13.3. The molecule has 11 rings (SSSR count). The first kappa shape index (κ1) is 28.4. The molecule has 3 heteroatoms. The van der Waals surface area contributed by atoms with Gasteiger partial charge in [0.25, 0.3) is 0 Å². The third-order valence-corrected chi connectivity index (χ3v) is 11.5. The SMILES string of the molecule is c1ccc(-n2c3ccccc3c3cccc(-c4cc(-c5ccc6c(c5)sc5ccccc56)cc(-c5cccc6oc7ccccc7c56)c4)c32)cc1. The van der Waals surface area contributed by atoms with Gasteiger partial charge in [-0.05, 0) is 88.5 Å². The molecule has 0 atom stereocenters. The molecule has 0 aliphatic heterocycles. The molecular weight excluding hydrogens is 639 g/mol. The number of hydrogen-bond donors (Lipinski definition) is 0. The Labute approximate surface area is 298 Å². The Hall–Kier alpha value is -6.42. The number of para-hydroxylation sites is 4. The van der Waals surface area contributed by atoms with Crippen LogP contribution in [0, 0.1) is 0 Å². The first-order valence-corrected chi connectivity index (χ1v) is 18.2. The number of benzene rings is 8. The van der Waals surface area contributed by atoms with Gasteiger partial charge < -0.3 is 8.98 Å². The monoisotopic (exact) mass is 667 g/mol. The Balaban J connectivity index is 1.23. The average molecular weight is 668 g/mol. The van der Waals surface area contributed by atoms with Crippen molar-refractivity contribution in [3.63, 3.8) is 0 Å². The zero-order valence-electron chi connectivity index (χ0n) is 27.5. The van der Waals surface area contributed by atoms with Crippen LogP contribution in [0.5, 0.6) is 0 Å². The summed E-state index contributed by atoms with van der Waals surface area (Å²) in [5.41, 5.74) is 12.5. The molecule has 0 saturated heterocycles. The van der Waals surface area contributed by atoms with Crippen molar-refractivity contribution >= 4 is 75.3 Å². The summed E-state index contributed by atoms with van der Waals surface area (Å²) in [6.45, 7) is 0. The van der Waals surface area contributed by atoms with Gasteiger partial charge in [0.2, 0.25) is 0 Å². The molecule has 11 aromatic rings. The first-order valence-electron chi connectivity index (χ1n) is 17.3. The molecule has 0 aliphatic rings. The number of rotatable bonds is 4. The van der Waals surface area contributed by atoms with Crippen molar-refractivity contribution < 1.29 is 4.42 Å². The minimum Gasteiger partial charge on any atom is -0.456 e. The lowest BCUT2D eigenvalue weighted by molar-refractivity contribution is 0.669. The van der Waals surface area contributed by atoms with E-state index in [1.165, 1.54) is 69.8 Å². The van der Waals surface area contributed by atoms with Gasteiger partial charge >= 0.3 is 0 Å². The highest BCUT2D eigenvalue weighted by molar-refractivity contribution is 7.25. The van der Waals surface area contributed by atoms with Crippen molar-refractivity contribution in [1.29, 1.82) is 0 Å². The summed E-state index contributed by atoms with van der Waals surface area (Å²) >= 11 is 1.86. The Kier molecular flexibility index (Phi) is 6.16. The van der Waals surface area contributed by atoms with Crippen molar-refractivity contribution in [1.82, 2.24) is 4.57 Å². The van der Waals surface area contributed by atoms with Crippen molar-refractivity contribution in [2.45, 2.75) is 0 Å². The summed E-state index contributed by atoms with van der Waals surface area (Å²) in [6.07, 6.45) is 0. The fourth-order valence-corrected chi connectivity index (χ4v) is 9.27. The summed E-state index contributed by atoms with van der Waals surface area (Å²) in [4.78, 5) is 0. The third kappa shape index (κ3) is 4.35. The minimum atomic E-state index is 0.902. The second kappa shape index (κ2) is 11.0. The average Bonchev–Trinajstić information content (AvgIpc) is 3.87. The van der Waals surface area contributed by atoms with E-state index < -0.39 is 0 Å². The lowest BCUT2D eigenvalue weighted by Crippen LogP contribution is -1.95. The maximum atomic E-state index is 6.38. The Morgan fingerprint density at radius 1 is 0.392 bits per heavy atom. The van der Waals surface area contributed by atoms with Crippen LogP contribution < -0.4 is 0 Å². The van der Waals surface area contributed by atoms with Crippen LogP contribution in [0.15, 0.2) is 180 Å². The third-order valence-electron chi connectivity index (χ3n) is 10.4. The van der Waals surface area contributed by atoms with Gasteiger partial charge in [0.1, 0.15) is 11.2 Å². The molecule has 0 unspecified atom stereocenters. The highest BCUT2D eigenvalue weighted by Crippen LogP contribution is 2.44. The fourth-order valence-electron chi connectivity index (χ4n) is 8.12. The van der Waals surface area contributed by atoms with Crippen LogP contribution in [0.4, 0.5) is 0 Å². The zero-order chi connectivity index (χ0) is 33.5. The van der Waals surface area contributed by atoms with Crippen molar-refractivity contribution in [2.75, 3.05) is 0 Å². The van der Waals surface area contributed by atoms with Gasteiger partial charge in [-0.1, -0.05) is 115 Å². The van der Waals surface area contributed by atoms with Crippen LogP contribution in [0.2, 0.25) is 0 Å². The lowest BCUT2D eigenvalue weighted by atomic mass is 9.91. The molecule has 0 bridgehead atoms. The maximum Gasteiger partial charge on any atom is 0.136 e. The van der Waals surface area contributed by atoms with E-state index >= 15 is 0 Å². The lowest BCUT2D eigenvalue weighted by Gasteiger charge is -2.15. The van der Waals surface area contributed by atoms with E-state index in [2.05, 4.69) is 174 Å². The molecule has 2 nitrogen and oxygen atoms in total. The number of aromatic nitrogens is 1. The molecule has 0 N–H and O–H groups in total. The van der Waals surface area contributed by atoms with E-state index in [4.69, 9.17) is 4.42 Å². The fraction of sp³-hybridized carbons (Fsp3) is 0. The van der Waals surface area contributed by atoms with E-state index in [1.807, 2.05) is 17.4 Å². The molecule has 3 aromatic heterocycles. The molecule has 3 heterocycles. The zero-order valence-corrected chi connectivity index (χ0v) is 28.3. The molecule has 0 radical (unpaired) electrons. The van der Waals surface area contributed by atoms with Crippen molar-refractivity contribution in [3.05, 3.63) is 176 Å². The van der Waals surface area contributed by atoms with Gasteiger partial charge in [0, 0.05) is 53.0 Å². The van der Waals surface area contributed by atoms with Crippen LogP contribution in [-0.4, -0.2) is 4.57 Å². The van der Waals surface area contributed by atoms with Gasteiger partial charge in [-0.15, -0.1) is 11.3 Å². The first-order chi connectivity index (χ1) is 25.3. The molecule has 51 heavy (non-hydrogen) atoms. The normalized spacial score (nSPS) is 11.9. The maximum absolute atomic E-state index is 6.38. The number of fused-ring (bicyclic) bond motifs is 9. The van der Waals surface area contributed by atoms with Gasteiger partial charge in [-0.2, -0.15) is 0 Å². The number of hydrogen-bond acceptors (Lipinski definition) is 2. The molecule has 238 valence electrons. The molecule has 0 fully saturated rings. The van der Waals surface area contributed by atoms with Gasteiger partial charge in [-0.25, -0.2) is 0 Å². The Morgan fingerprint density at radius 2 is 1.04 bits per heavy atom. The summed E-state index contributed by atoms with van der Waals surface area (Å²) < 4.78 is 11.4. The van der Waals surface area contributed by atoms with E-state index in [-0.39, 0.29) is 0 Å². The highest BCUT2D eigenvalue weighted by atomic mass is 32.1. The van der Waals surface area contributed by atoms with Crippen LogP contribution in [0.3, 0.4) is 0 Å².